The zero-order valence-corrected chi connectivity index (χ0v) is 22.0. The number of aliphatic hydroxyl groups excluding tert-OH is 1. The quantitative estimate of drug-likeness (QED) is 0.308. The number of rotatable bonds is 12. The first-order chi connectivity index (χ1) is 17.3. The van der Waals surface area contributed by atoms with E-state index < -0.39 is 6.10 Å². The van der Waals surface area contributed by atoms with E-state index in [0.29, 0.717) is 24.8 Å². The van der Waals surface area contributed by atoms with E-state index in [1.54, 1.807) is 26.0 Å². The van der Waals surface area contributed by atoms with Crippen LogP contribution in [0.1, 0.15) is 67.0 Å². The van der Waals surface area contributed by atoms with E-state index in [0.717, 1.165) is 54.5 Å². The van der Waals surface area contributed by atoms with Gasteiger partial charge in [-0.2, -0.15) is 0 Å². The van der Waals surface area contributed by atoms with Gasteiger partial charge in [0.25, 0.3) is 0 Å². The van der Waals surface area contributed by atoms with Gasteiger partial charge in [0.05, 0.1) is 25.4 Å². The Kier molecular flexibility index (Phi) is 10.7. The van der Waals surface area contributed by atoms with Gasteiger partial charge in [0.2, 0.25) is 0 Å². The van der Waals surface area contributed by atoms with Crippen LogP contribution in [0.2, 0.25) is 0 Å². The predicted molar refractivity (Wildman–Crippen MR) is 141 cm³/mol. The number of carbonyl (C=O) groups is 1. The van der Waals surface area contributed by atoms with Gasteiger partial charge in [-0.25, -0.2) is 9.18 Å². The zero-order chi connectivity index (χ0) is 26.1. The number of esters is 1. The minimum Gasteiger partial charge on any atom is -0.463 e. The summed E-state index contributed by atoms with van der Waals surface area (Å²) in [4.78, 5) is 14.1. The molecule has 0 aromatic heterocycles. The molecule has 1 heterocycles. The van der Waals surface area contributed by atoms with Crippen molar-refractivity contribution in [3.05, 3.63) is 76.1 Å². The zero-order valence-electron chi connectivity index (χ0n) is 22.0. The maximum atomic E-state index is 14.0. The molecule has 3 rings (SSSR count). The Morgan fingerprint density at radius 1 is 1.22 bits per heavy atom. The van der Waals surface area contributed by atoms with Crippen LogP contribution in [0.15, 0.2) is 42.5 Å². The summed E-state index contributed by atoms with van der Waals surface area (Å²) in [7, 11) is 0. The van der Waals surface area contributed by atoms with Crippen molar-refractivity contribution in [2.45, 2.75) is 71.6 Å². The molecule has 0 bridgehead atoms. The van der Waals surface area contributed by atoms with Gasteiger partial charge in [0.1, 0.15) is 5.82 Å². The first-order valence-corrected chi connectivity index (χ1v) is 13.0. The lowest BCUT2D eigenvalue weighted by atomic mass is 9.96. The summed E-state index contributed by atoms with van der Waals surface area (Å²) in [6.45, 7) is 9.62. The molecular formula is C30H40FNO4. The highest BCUT2D eigenvalue weighted by molar-refractivity contribution is 5.87. The van der Waals surface area contributed by atoms with Gasteiger partial charge in [-0.15, -0.1) is 0 Å². The standard InChI is InChI=1S/C30H40FNO4/c1-5-29(27-11-7-9-21(3)26(27)14-15-30(34)35-6-2)36-20-25(33)19-32-16-8-10-24(32)17-23-13-12-22(4)28(31)18-23/h7,9,11-15,18,24-25,29,33H,5-6,8,10,16-17,19-20H2,1-4H3/b15-14+/t24-,25+,29+/m0/s1. The van der Waals surface area contributed by atoms with Crippen LogP contribution in [0.3, 0.4) is 0 Å². The highest BCUT2D eigenvalue weighted by Crippen LogP contribution is 2.29. The number of halogens is 1. The normalized spacial score (nSPS) is 18.0. The number of hydrogen-bond acceptors (Lipinski definition) is 5. The number of aryl methyl sites for hydroxylation is 2. The Morgan fingerprint density at radius 2 is 2.03 bits per heavy atom. The van der Waals surface area contributed by atoms with Gasteiger partial charge >= 0.3 is 5.97 Å². The second-order valence-corrected chi connectivity index (χ2v) is 9.63. The third-order valence-electron chi connectivity index (χ3n) is 6.89. The lowest BCUT2D eigenvalue weighted by Crippen LogP contribution is -2.39. The first kappa shape index (κ1) is 28.0. The van der Waals surface area contributed by atoms with Crippen molar-refractivity contribution < 1.29 is 23.8 Å². The van der Waals surface area contributed by atoms with Crippen molar-refractivity contribution in [1.82, 2.24) is 4.90 Å². The molecule has 1 fully saturated rings. The molecule has 6 heteroatoms. The molecule has 3 atom stereocenters. The van der Waals surface area contributed by atoms with Crippen LogP contribution in [0, 0.1) is 19.7 Å². The van der Waals surface area contributed by atoms with Gasteiger partial charge in [-0.05, 0) is 93.0 Å². The van der Waals surface area contributed by atoms with Crippen LogP contribution in [-0.4, -0.2) is 54.4 Å². The molecule has 0 aliphatic carbocycles. The number of ether oxygens (including phenoxy) is 2. The average molecular weight is 498 g/mol. The number of β-amino-alcohol motifs (C(OH)–C–C–N with tert-alkyl or cyclic N) is 1. The molecule has 0 amide bonds. The monoisotopic (exact) mass is 497 g/mol. The summed E-state index contributed by atoms with van der Waals surface area (Å²) < 4.78 is 25.2. The number of carbonyl (C=O) groups excluding carboxylic acids is 1. The fraction of sp³-hybridized carbons (Fsp3) is 0.500. The fourth-order valence-electron chi connectivity index (χ4n) is 4.93. The SMILES string of the molecule is CCOC(=O)/C=C/c1c(C)cccc1[C@@H](CC)OC[C@H](O)CN1CCC[C@H]1Cc1ccc(C)c(F)c1. The Labute approximate surface area is 214 Å². The third-order valence-corrected chi connectivity index (χ3v) is 6.89. The van der Waals surface area contributed by atoms with E-state index in [9.17, 15) is 14.3 Å². The second kappa shape index (κ2) is 13.7. The number of hydrogen-bond donors (Lipinski definition) is 1. The summed E-state index contributed by atoms with van der Waals surface area (Å²) in [5.74, 6) is -0.534. The molecule has 5 nitrogen and oxygen atoms in total. The average Bonchev–Trinajstić information content (AvgIpc) is 3.27. The summed E-state index contributed by atoms with van der Waals surface area (Å²) >= 11 is 0. The molecule has 1 saturated heterocycles. The minimum absolute atomic E-state index is 0.163. The fourth-order valence-corrected chi connectivity index (χ4v) is 4.93. The van der Waals surface area contributed by atoms with Crippen molar-refractivity contribution in [2.75, 3.05) is 26.3 Å². The minimum atomic E-state index is -0.627. The summed E-state index contributed by atoms with van der Waals surface area (Å²) in [5, 5.41) is 10.8. The molecule has 0 saturated carbocycles. The molecule has 1 aliphatic heterocycles. The molecule has 2 aromatic carbocycles. The predicted octanol–water partition coefficient (Wildman–Crippen LogP) is 5.55. The molecule has 1 N–H and O–H groups in total. The topological polar surface area (TPSA) is 59.0 Å². The molecular weight excluding hydrogens is 457 g/mol. The van der Waals surface area contributed by atoms with Crippen LogP contribution in [0.5, 0.6) is 0 Å². The van der Waals surface area contributed by atoms with E-state index in [1.807, 2.05) is 37.3 Å². The Hall–Kier alpha value is -2.54. The van der Waals surface area contributed by atoms with Gasteiger partial charge in [0, 0.05) is 18.7 Å². The lowest BCUT2D eigenvalue weighted by molar-refractivity contribution is -0.137. The summed E-state index contributed by atoms with van der Waals surface area (Å²) in [6.07, 6.45) is 6.04. The molecule has 2 aromatic rings. The third kappa shape index (κ3) is 7.73. The first-order valence-electron chi connectivity index (χ1n) is 13.0. The maximum Gasteiger partial charge on any atom is 0.330 e. The second-order valence-electron chi connectivity index (χ2n) is 9.63. The van der Waals surface area contributed by atoms with Crippen molar-refractivity contribution in [3.63, 3.8) is 0 Å². The van der Waals surface area contributed by atoms with Gasteiger partial charge in [-0.1, -0.05) is 37.3 Å². The highest BCUT2D eigenvalue weighted by Gasteiger charge is 2.27. The van der Waals surface area contributed by atoms with Gasteiger partial charge in [0.15, 0.2) is 0 Å². The Balaban J connectivity index is 1.60. The summed E-state index contributed by atoms with van der Waals surface area (Å²) in [6, 6.07) is 11.7. The van der Waals surface area contributed by atoms with Crippen LogP contribution in [0.4, 0.5) is 4.39 Å². The van der Waals surface area contributed by atoms with Crippen LogP contribution < -0.4 is 0 Å². The van der Waals surface area contributed by atoms with Crippen molar-refractivity contribution >= 4 is 12.0 Å². The molecule has 1 aliphatic rings. The molecule has 0 unspecified atom stereocenters. The maximum absolute atomic E-state index is 14.0. The Morgan fingerprint density at radius 3 is 2.75 bits per heavy atom. The molecule has 36 heavy (non-hydrogen) atoms. The number of nitrogens with zero attached hydrogens (tertiary/aromatic N) is 1. The molecule has 0 radical (unpaired) electrons. The van der Waals surface area contributed by atoms with Crippen molar-refractivity contribution in [3.8, 4) is 0 Å². The highest BCUT2D eigenvalue weighted by atomic mass is 19.1. The van der Waals surface area contributed by atoms with E-state index in [1.165, 1.54) is 6.08 Å². The van der Waals surface area contributed by atoms with Gasteiger partial charge < -0.3 is 14.6 Å². The summed E-state index contributed by atoms with van der Waals surface area (Å²) in [5.41, 5.74) is 4.63. The van der Waals surface area contributed by atoms with Crippen LogP contribution in [0.25, 0.3) is 6.08 Å². The van der Waals surface area contributed by atoms with Crippen molar-refractivity contribution in [1.29, 1.82) is 0 Å². The van der Waals surface area contributed by atoms with Crippen LogP contribution in [-0.2, 0) is 20.7 Å². The van der Waals surface area contributed by atoms with Gasteiger partial charge in [-0.3, -0.25) is 4.90 Å². The van der Waals surface area contributed by atoms with E-state index >= 15 is 0 Å². The molecule has 196 valence electrons. The van der Waals surface area contributed by atoms with Crippen molar-refractivity contribution in [2.24, 2.45) is 0 Å². The smallest absolute Gasteiger partial charge is 0.330 e. The Bertz CT molecular complexity index is 1040. The molecule has 0 spiro atoms. The number of likely N-dealkylation sites (tertiary alicyclic amines) is 1. The largest absolute Gasteiger partial charge is 0.463 e. The van der Waals surface area contributed by atoms with Crippen LogP contribution >= 0.6 is 0 Å². The van der Waals surface area contributed by atoms with E-state index in [4.69, 9.17) is 9.47 Å². The number of benzene rings is 2. The van der Waals surface area contributed by atoms with E-state index in [-0.39, 0.29) is 24.5 Å². The van der Waals surface area contributed by atoms with E-state index in [2.05, 4.69) is 11.8 Å². The number of aliphatic hydroxyl groups is 1. The lowest BCUT2D eigenvalue weighted by Gasteiger charge is -2.28.